The van der Waals surface area contributed by atoms with Gasteiger partial charge in [-0.2, -0.15) is 0 Å². The van der Waals surface area contributed by atoms with E-state index in [0.717, 1.165) is 9.80 Å². The molecule has 2 heterocycles. The fraction of sp³-hybridized carbons (Fsp3) is 0.231. The molecule has 0 saturated heterocycles. The Morgan fingerprint density at radius 2 is 1.33 bits per heavy atom. The van der Waals surface area contributed by atoms with E-state index in [9.17, 15) is 34.4 Å². The number of aliphatic hydroxyl groups is 1. The molecule has 36 heavy (non-hydrogen) atoms. The Bertz CT molecular complexity index is 1450. The first-order chi connectivity index (χ1) is 17.2. The van der Waals surface area contributed by atoms with Crippen LogP contribution in [0.2, 0.25) is 0 Å². The molecule has 0 bridgehead atoms. The second-order valence-corrected chi connectivity index (χ2v) is 8.67. The van der Waals surface area contributed by atoms with Crippen LogP contribution >= 0.6 is 0 Å². The molecule has 2 aliphatic rings. The van der Waals surface area contributed by atoms with Crippen molar-refractivity contribution in [3.05, 3.63) is 80.4 Å². The lowest BCUT2D eigenvalue weighted by atomic mass is 9.85. The zero-order valence-electron chi connectivity index (χ0n) is 19.5. The molecule has 1 atom stereocenters. The van der Waals surface area contributed by atoms with Crippen molar-refractivity contribution in [2.24, 2.45) is 0 Å². The third-order valence-corrected chi connectivity index (χ3v) is 6.87. The van der Waals surface area contributed by atoms with E-state index in [4.69, 9.17) is 0 Å². The maximum absolute atomic E-state index is 13.6. The molecule has 2 aliphatic heterocycles. The molecule has 182 valence electrons. The number of aryl methyl sites for hydroxylation is 1. The van der Waals surface area contributed by atoms with Crippen LogP contribution < -0.4 is 4.90 Å². The van der Waals surface area contributed by atoms with Crippen molar-refractivity contribution in [2.75, 3.05) is 11.5 Å². The maximum Gasteiger partial charge on any atom is 0.269 e. The fourth-order valence-corrected chi connectivity index (χ4v) is 5.02. The molecule has 3 aromatic carbocycles. The summed E-state index contributed by atoms with van der Waals surface area (Å²) in [6, 6.07) is 9.08. The average molecular weight is 487 g/mol. The summed E-state index contributed by atoms with van der Waals surface area (Å²) in [5, 5.41) is 21.4. The Balaban J connectivity index is 1.70. The van der Waals surface area contributed by atoms with Gasteiger partial charge >= 0.3 is 0 Å². The van der Waals surface area contributed by atoms with Gasteiger partial charge in [-0.15, -0.1) is 0 Å². The molecule has 1 N–H and O–H groups in total. The summed E-state index contributed by atoms with van der Waals surface area (Å²) in [4.78, 5) is 66.5. The Kier molecular flexibility index (Phi) is 5.40. The highest BCUT2D eigenvalue weighted by molar-refractivity contribution is 6.39. The Labute approximate surface area is 204 Å². The molecular formula is C26H21N3O7. The van der Waals surface area contributed by atoms with Crippen molar-refractivity contribution >= 4 is 45.8 Å². The molecule has 0 aliphatic carbocycles. The molecule has 10 heteroatoms. The molecule has 0 aromatic heterocycles. The van der Waals surface area contributed by atoms with Gasteiger partial charge in [-0.25, -0.2) is 4.90 Å². The van der Waals surface area contributed by atoms with E-state index in [0.29, 0.717) is 18.4 Å². The Morgan fingerprint density at radius 1 is 0.833 bits per heavy atom. The number of nitro groups is 1. The lowest BCUT2D eigenvalue weighted by Crippen LogP contribution is -2.49. The normalized spacial score (nSPS) is 15.6. The van der Waals surface area contributed by atoms with Crippen molar-refractivity contribution in [2.45, 2.75) is 32.7 Å². The zero-order chi connectivity index (χ0) is 25.9. The van der Waals surface area contributed by atoms with E-state index in [1.54, 1.807) is 13.8 Å². The number of nitro benzene ring substituents is 1. The zero-order valence-corrected chi connectivity index (χ0v) is 19.5. The number of benzene rings is 3. The van der Waals surface area contributed by atoms with Gasteiger partial charge in [-0.3, -0.25) is 34.2 Å². The first-order valence-electron chi connectivity index (χ1n) is 11.5. The molecule has 3 aromatic rings. The minimum absolute atomic E-state index is 0.147. The van der Waals surface area contributed by atoms with Crippen molar-refractivity contribution in [3.63, 3.8) is 0 Å². The van der Waals surface area contributed by atoms with Gasteiger partial charge in [0.15, 0.2) is 0 Å². The van der Waals surface area contributed by atoms with Crippen LogP contribution in [0.5, 0.6) is 0 Å². The summed E-state index contributed by atoms with van der Waals surface area (Å²) in [5.41, 5.74) is 1.19. The summed E-state index contributed by atoms with van der Waals surface area (Å²) in [5.74, 6) is -2.49. The number of hydrogen-bond donors (Lipinski definition) is 1. The molecule has 4 amide bonds. The first-order valence-corrected chi connectivity index (χ1v) is 11.5. The number of carbonyl (C=O) groups is 4. The SMILES string of the molecule is CCc1cc([N+](=O)[O-])ccc1N1C(=O)c2ccc3c4c(ccc(c24)C1=O)C(=O)N(C(CC)CO)C3=O. The highest BCUT2D eigenvalue weighted by Gasteiger charge is 2.42. The number of anilines is 1. The van der Waals surface area contributed by atoms with Gasteiger partial charge in [-0.05, 0) is 48.7 Å². The van der Waals surface area contributed by atoms with Crippen LogP contribution in [0.1, 0.15) is 67.3 Å². The molecule has 0 fully saturated rings. The molecule has 0 radical (unpaired) electrons. The summed E-state index contributed by atoms with van der Waals surface area (Å²) in [6.07, 6.45) is 0.708. The van der Waals surface area contributed by atoms with Crippen LogP contribution in [-0.2, 0) is 6.42 Å². The van der Waals surface area contributed by atoms with Gasteiger partial charge in [0.2, 0.25) is 0 Å². The molecule has 10 nitrogen and oxygen atoms in total. The van der Waals surface area contributed by atoms with Gasteiger partial charge in [0.25, 0.3) is 29.3 Å². The van der Waals surface area contributed by atoms with Gasteiger partial charge < -0.3 is 5.11 Å². The highest BCUT2D eigenvalue weighted by atomic mass is 16.6. The fourth-order valence-electron chi connectivity index (χ4n) is 5.02. The molecule has 0 spiro atoms. The second kappa shape index (κ2) is 8.35. The van der Waals surface area contributed by atoms with Crippen LogP contribution in [-0.4, -0.2) is 51.2 Å². The number of rotatable bonds is 6. The number of nitrogens with zero attached hydrogens (tertiary/aromatic N) is 3. The number of amides is 4. The quantitative estimate of drug-likeness (QED) is 0.319. The summed E-state index contributed by atoms with van der Waals surface area (Å²) in [6.45, 7) is 3.13. The standard InChI is InChI=1S/C26H21N3O7/c1-3-13-11-15(29(35)36)5-10-20(13)28-25(33)18-8-6-16-21-17(7-9-19(22(18)21)26(28)34)24(32)27(23(16)31)14(4-2)12-30/h5-11,14,30H,3-4,12H2,1-2H3. The summed E-state index contributed by atoms with van der Waals surface area (Å²) < 4.78 is 0. The molecule has 5 rings (SSSR count). The molecular weight excluding hydrogens is 466 g/mol. The molecule has 1 unspecified atom stereocenters. The van der Waals surface area contributed by atoms with Crippen LogP contribution in [0.3, 0.4) is 0 Å². The maximum atomic E-state index is 13.6. The van der Waals surface area contributed by atoms with E-state index in [-0.39, 0.29) is 51.0 Å². The number of non-ortho nitro benzene ring substituents is 1. The van der Waals surface area contributed by atoms with Crippen molar-refractivity contribution in [3.8, 4) is 0 Å². The smallest absolute Gasteiger partial charge is 0.269 e. The topological polar surface area (TPSA) is 138 Å². The van der Waals surface area contributed by atoms with E-state index in [1.807, 2.05) is 0 Å². The van der Waals surface area contributed by atoms with Crippen LogP contribution in [0.4, 0.5) is 11.4 Å². The van der Waals surface area contributed by atoms with Crippen LogP contribution in [0, 0.1) is 10.1 Å². The molecule has 0 saturated carbocycles. The Morgan fingerprint density at radius 3 is 1.75 bits per heavy atom. The van der Waals surface area contributed by atoms with Gasteiger partial charge in [0.1, 0.15) is 0 Å². The predicted molar refractivity (Wildman–Crippen MR) is 129 cm³/mol. The van der Waals surface area contributed by atoms with Crippen molar-refractivity contribution < 1.29 is 29.2 Å². The monoisotopic (exact) mass is 487 g/mol. The van der Waals surface area contributed by atoms with Crippen LogP contribution in [0.25, 0.3) is 10.8 Å². The van der Waals surface area contributed by atoms with E-state index in [1.165, 1.54) is 42.5 Å². The number of carbonyl (C=O) groups excluding carboxylic acids is 4. The van der Waals surface area contributed by atoms with Crippen molar-refractivity contribution in [1.82, 2.24) is 4.90 Å². The van der Waals surface area contributed by atoms with E-state index >= 15 is 0 Å². The third-order valence-electron chi connectivity index (χ3n) is 6.87. The third kappa shape index (κ3) is 3.07. The average Bonchev–Trinajstić information content (AvgIpc) is 2.88. The van der Waals surface area contributed by atoms with Gasteiger partial charge in [-0.1, -0.05) is 13.8 Å². The van der Waals surface area contributed by atoms with E-state index < -0.39 is 34.6 Å². The number of imide groups is 2. The Hall–Kier alpha value is -4.44. The summed E-state index contributed by atoms with van der Waals surface area (Å²) in [7, 11) is 0. The van der Waals surface area contributed by atoms with Crippen molar-refractivity contribution in [1.29, 1.82) is 0 Å². The minimum atomic E-state index is -0.700. The number of hydrogen-bond acceptors (Lipinski definition) is 7. The summed E-state index contributed by atoms with van der Waals surface area (Å²) >= 11 is 0. The van der Waals surface area contributed by atoms with Crippen LogP contribution in [0.15, 0.2) is 42.5 Å². The lowest BCUT2D eigenvalue weighted by molar-refractivity contribution is -0.384. The largest absolute Gasteiger partial charge is 0.394 e. The van der Waals surface area contributed by atoms with Gasteiger partial charge in [0, 0.05) is 45.2 Å². The minimum Gasteiger partial charge on any atom is -0.394 e. The highest BCUT2D eigenvalue weighted by Crippen LogP contribution is 2.40. The van der Waals surface area contributed by atoms with E-state index in [2.05, 4.69) is 0 Å². The second-order valence-electron chi connectivity index (χ2n) is 8.67. The first kappa shape index (κ1) is 23.3. The predicted octanol–water partition coefficient (Wildman–Crippen LogP) is 3.48. The lowest BCUT2D eigenvalue weighted by Gasteiger charge is -2.34. The number of aliphatic hydroxyl groups excluding tert-OH is 1. The van der Waals surface area contributed by atoms with Gasteiger partial charge in [0.05, 0.1) is 23.3 Å².